The van der Waals surface area contributed by atoms with E-state index < -0.39 is 0 Å². The summed E-state index contributed by atoms with van der Waals surface area (Å²) in [5.41, 5.74) is 1.18. The van der Waals surface area contributed by atoms with Gasteiger partial charge in [-0.3, -0.25) is 4.90 Å². The Kier molecular flexibility index (Phi) is 6.37. The monoisotopic (exact) mass is 281 g/mol. The van der Waals surface area contributed by atoms with Crippen LogP contribution in [0, 0.1) is 0 Å². The molecule has 0 spiro atoms. The molecule has 0 bridgehead atoms. The van der Waals surface area contributed by atoms with Crippen LogP contribution in [0.2, 0.25) is 0 Å². The topological polar surface area (TPSA) is 23.5 Å². The largest absolute Gasteiger partial charge is 0.388 e. The van der Waals surface area contributed by atoms with Crippen LogP contribution < -0.4 is 0 Å². The van der Waals surface area contributed by atoms with Crippen LogP contribution in [0.5, 0.6) is 0 Å². The predicted molar refractivity (Wildman–Crippen MR) is 84.8 cm³/mol. The van der Waals surface area contributed by atoms with Crippen LogP contribution in [-0.4, -0.2) is 34.9 Å². The lowest BCUT2D eigenvalue weighted by atomic mass is 10.0. The van der Waals surface area contributed by atoms with E-state index in [0.29, 0.717) is 0 Å². The molecule has 0 saturated heterocycles. The SMILES string of the molecule is CCN(CCC(O)c1ccc(SC)cc1)C(C)(C)C. The summed E-state index contributed by atoms with van der Waals surface area (Å²) in [6.07, 6.45) is 2.48. The van der Waals surface area contributed by atoms with E-state index in [1.165, 1.54) is 4.90 Å². The standard InChI is InChI=1S/C16H27NOS/c1-6-17(16(2,3)4)12-11-15(18)13-7-9-14(19-5)10-8-13/h7-10,15,18H,6,11-12H2,1-5H3. The van der Waals surface area contributed by atoms with Gasteiger partial charge in [0.2, 0.25) is 0 Å². The molecule has 1 rings (SSSR count). The molecule has 1 N–H and O–H groups in total. The third kappa shape index (κ3) is 5.17. The zero-order valence-electron chi connectivity index (χ0n) is 12.8. The van der Waals surface area contributed by atoms with Crippen molar-refractivity contribution >= 4 is 11.8 Å². The number of hydrogen-bond acceptors (Lipinski definition) is 3. The first kappa shape index (κ1) is 16.5. The molecule has 1 unspecified atom stereocenters. The summed E-state index contributed by atoms with van der Waals surface area (Å²) >= 11 is 1.72. The summed E-state index contributed by atoms with van der Waals surface area (Å²) in [7, 11) is 0. The van der Waals surface area contributed by atoms with E-state index in [2.05, 4.69) is 51.0 Å². The summed E-state index contributed by atoms with van der Waals surface area (Å²) in [5.74, 6) is 0. The molecule has 19 heavy (non-hydrogen) atoms. The summed E-state index contributed by atoms with van der Waals surface area (Å²) in [5, 5.41) is 10.3. The van der Waals surface area contributed by atoms with Gasteiger partial charge in [-0.05, 0) is 57.7 Å². The number of thioether (sulfide) groups is 1. The van der Waals surface area contributed by atoms with Gasteiger partial charge >= 0.3 is 0 Å². The fourth-order valence-electron chi connectivity index (χ4n) is 2.24. The summed E-state index contributed by atoms with van der Waals surface area (Å²) < 4.78 is 0. The molecule has 1 aromatic rings. The predicted octanol–water partition coefficient (Wildman–Crippen LogP) is 3.95. The average molecular weight is 281 g/mol. The highest BCUT2D eigenvalue weighted by Gasteiger charge is 2.20. The van der Waals surface area contributed by atoms with Crippen molar-refractivity contribution in [2.45, 2.75) is 50.7 Å². The Morgan fingerprint density at radius 2 is 1.79 bits per heavy atom. The molecule has 0 aliphatic carbocycles. The second-order valence-corrected chi connectivity index (χ2v) is 6.71. The van der Waals surface area contributed by atoms with Gasteiger partial charge in [-0.2, -0.15) is 0 Å². The van der Waals surface area contributed by atoms with Gasteiger partial charge in [-0.25, -0.2) is 0 Å². The molecular formula is C16H27NOS. The number of benzene rings is 1. The number of aliphatic hydroxyl groups is 1. The molecule has 2 nitrogen and oxygen atoms in total. The first-order valence-corrected chi connectivity index (χ1v) is 8.18. The fourth-order valence-corrected chi connectivity index (χ4v) is 2.65. The minimum Gasteiger partial charge on any atom is -0.388 e. The van der Waals surface area contributed by atoms with E-state index in [4.69, 9.17) is 0 Å². The third-order valence-corrected chi connectivity index (χ3v) is 4.25. The van der Waals surface area contributed by atoms with Crippen LogP contribution in [0.1, 0.15) is 45.8 Å². The van der Waals surface area contributed by atoms with Crippen molar-refractivity contribution in [3.8, 4) is 0 Å². The number of hydrogen-bond donors (Lipinski definition) is 1. The van der Waals surface area contributed by atoms with Crippen LogP contribution in [0.15, 0.2) is 29.2 Å². The Morgan fingerprint density at radius 3 is 2.21 bits per heavy atom. The lowest BCUT2D eigenvalue weighted by Crippen LogP contribution is -2.42. The van der Waals surface area contributed by atoms with Crippen LogP contribution >= 0.6 is 11.8 Å². The Labute approximate surface area is 122 Å². The highest BCUT2D eigenvalue weighted by Crippen LogP contribution is 2.22. The lowest BCUT2D eigenvalue weighted by molar-refractivity contribution is 0.0997. The number of aliphatic hydroxyl groups excluding tert-OH is 1. The van der Waals surface area contributed by atoms with Gasteiger partial charge in [-0.1, -0.05) is 19.1 Å². The van der Waals surface area contributed by atoms with Crippen molar-refractivity contribution < 1.29 is 5.11 Å². The van der Waals surface area contributed by atoms with E-state index in [9.17, 15) is 5.11 Å². The molecule has 0 aromatic heterocycles. The minimum atomic E-state index is -0.368. The molecule has 0 saturated carbocycles. The molecule has 0 fully saturated rings. The molecule has 3 heteroatoms. The highest BCUT2D eigenvalue weighted by atomic mass is 32.2. The summed E-state index contributed by atoms with van der Waals surface area (Å²) in [6, 6.07) is 8.21. The molecule has 0 radical (unpaired) electrons. The van der Waals surface area contributed by atoms with Gasteiger partial charge < -0.3 is 5.11 Å². The molecule has 108 valence electrons. The second kappa shape index (κ2) is 7.32. The molecule has 0 aliphatic rings. The third-order valence-electron chi connectivity index (χ3n) is 3.50. The molecule has 0 heterocycles. The van der Waals surface area contributed by atoms with Crippen molar-refractivity contribution in [1.82, 2.24) is 4.90 Å². The van der Waals surface area contributed by atoms with Gasteiger partial charge in [0.1, 0.15) is 0 Å². The molecule has 0 aliphatic heterocycles. The van der Waals surface area contributed by atoms with Gasteiger partial charge in [-0.15, -0.1) is 11.8 Å². The van der Waals surface area contributed by atoms with E-state index in [1.54, 1.807) is 11.8 Å². The minimum absolute atomic E-state index is 0.164. The van der Waals surface area contributed by atoms with Crippen molar-refractivity contribution in [2.24, 2.45) is 0 Å². The zero-order chi connectivity index (χ0) is 14.5. The van der Waals surface area contributed by atoms with Gasteiger partial charge in [0, 0.05) is 17.0 Å². The first-order valence-electron chi connectivity index (χ1n) is 6.95. The Balaban J connectivity index is 2.56. The van der Waals surface area contributed by atoms with Crippen molar-refractivity contribution in [2.75, 3.05) is 19.3 Å². The van der Waals surface area contributed by atoms with Crippen LogP contribution in [-0.2, 0) is 0 Å². The van der Waals surface area contributed by atoms with E-state index in [0.717, 1.165) is 25.1 Å². The molecule has 1 atom stereocenters. The maximum Gasteiger partial charge on any atom is 0.0802 e. The van der Waals surface area contributed by atoms with Crippen LogP contribution in [0.25, 0.3) is 0 Å². The maximum atomic E-state index is 10.3. The van der Waals surface area contributed by atoms with Crippen LogP contribution in [0.3, 0.4) is 0 Å². The Hall–Kier alpha value is -0.510. The normalized spacial score (nSPS) is 13.8. The number of nitrogens with zero attached hydrogens (tertiary/aromatic N) is 1. The maximum absolute atomic E-state index is 10.3. The van der Waals surface area contributed by atoms with Crippen molar-refractivity contribution in [3.05, 3.63) is 29.8 Å². The highest BCUT2D eigenvalue weighted by molar-refractivity contribution is 7.98. The van der Waals surface area contributed by atoms with Gasteiger partial charge in [0.05, 0.1) is 6.10 Å². The van der Waals surface area contributed by atoms with E-state index >= 15 is 0 Å². The average Bonchev–Trinajstić information content (AvgIpc) is 2.37. The molecule has 0 amide bonds. The fraction of sp³-hybridized carbons (Fsp3) is 0.625. The second-order valence-electron chi connectivity index (χ2n) is 5.83. The quantitative estimate of drug-likeness (QED) is 0.799. The summed E-state index contributed by atoms with van der Waals surface area (Å²) in [4.78, 5) is 3.63. The number of rotatable bonds is 6. The first-order chi connectivity index (χ1) is 8.88. The summed E-state index contributed by atoms with van der Waals surface area (Å²) in [6.45, 7) is 10.8. The van der Waals surface area contributed by atoms with Crippen LogP contribution in [0.4, 0.5) is 0 Å². The zero-order valence-corrected chi connectivity index (χ0v) is 13.6. The smallest absolute Gasteiger partial charge is 0.0802 e. The Morgan fingerprint density at radius 1 is 1.21 bits per heavy atom. The molecule has 1 aromatic carbocycles. The van der Waals surface area contributed by atoms with Gasteiger partial charge in [0.15, 0.2) is 0 Å². The van der Waals surface area contributed by atoms with Crippen molar-refractivity contribution in [1.29, 1.82) is 0 Å². The van der Waals surface area contributed by atoms with Crippen molar-refractivity contribution in [3.63, 3.8) is 0 Å². The Bertz CT molecular complexity index is 369. The van der Waals surface area contributed by atoms with E-state index in [1.807, 2.05) is 12.1 Å². The molecular weight excluding hydrogens is 254 g/mol. The van der Waals surface area contributed by atoms with E-state index in [-0.39, 0.29) is 11.6 Å². The van der Waals surface area contributed by atoms with Gasteiger partial charge in [0.25, 0.3) is 0 Å². The lowest BCUT2D eigenvalue weighted by Gasteiger charge is -2.35.